The average Bonchev–Trinajstić information content (AvgIpc) is 2.28. The third-order valence-electron chi connectivity index (χ3n) is 2.06. The van der Waals surface area contributed by atoms with Crippen LogP contribution in [0.5, 0.6) is 0 Å². The van der Waals surface area contributed by atoms with Gasteiger partial charge in [0.05, 0.1) is 0 Å². The van der Waals surface area contributed by atoms with Crippen LogP contribution in [0.4, 0.5) is 0 Å². The summed E-state index contributed by atoms with van der Waals surface area (Å²) in [4.78, 5) is 0. The Hall–Kier alpha value is -0.660. The van der Waals surface area contributed by atoms with Crippen molar-refractivity contribution >= 4 is 0 Å². The number of hydrogen-bond donors (Lipinski definition) is 0. The predicted octanol–water partition coefficient (Wildman–Crippen LogP) is 4.75. The van der Waals surface area contributed by atoms with Crippen LogP contribution in [0.15, 0.2) is 11.5 Å². The zero-order chi connectivity index (χ0) is 13.1. The Kier molecular flexibility index (Phi) is 12.0. The van der Waals surface area contributed by atoms with Crippen LogP contribution in [0.1, 0.15) is 61.8 Å². The smallest absolute Gasteiger partial charge is 0.132 e. The molecule has 2 heteroatoms. The van der Waals surface area contributed by atoms with E-state index in [4.69, 9.17) is 9.47 Å². The minimum atomic E-state index is 0.258. The first kappa shape index (κ1) is 17.7. The number of ether oxygens (including phenoxy) is 2. The molecule has 0 bridgehead atoms. The van der Waals surface area contributed by atoms with Crippen molar-refractivity contribution in [3.63, 3.8) is 0 Å². The molecular weight excluding hydrogens is 200 g/mol. The lowest BCUT2D eigenvalue weighted by molar-refractivity contribution is -0.0118. The van der Waals surface area contributed by atoms with Crippen LogP contribution in [-0.4, -0.2) is 12.7 Å². The molecule has 1 heterocycles. The summed E-state index contributed by atoms with van der Waals surface area (Å²) < 4.78 is 11.1. The van der Waals surface area contributed by atoms with Crippen LogP contribution >= 0.6 is 0 Å². The van der Waals surface area contributed by atoms with E-state index >= 15 is 0 Å². The summed E-state index contributed by atoms with van der Waals surface area (Å²) in [6.45, 7) is 17.0. The van der Waals surface area contributed by atoms with Gasteiger partial charge in [-0.3, -0.25) is 0 Å². The summed E-state index contributed by atoms with van der Waals surface area (Å²) in [5.74, 6) is 2.53. The van der Waals surface area contributed by atoms with Crippen molar-refractivity contribution in [2.75, 3.05) is 6.61 Å². The fraction of sp³-hybridized carbons (Fsp3) is 0.857. The van der Waals surface area contributed by atoms with Gasteiger partial charge >= 0.3 is 0 Å². The molecule has 0 aromatic rings. The van der Waals surface area contributed by atoms with Gasteiger partial charge in [-0.05, 0) is 26.2 Å². The Balaban J connectivity index is 0. The van der Waals surface area contributed by atoms with E-state index in [9.17, 15) is 0 Å². The molecule has 0 saturated heterocycles. The Bertz CT molecular complexity index is 183. The van der Waals surface area contributed by atoms with E-state index in [0.29, 0.717) is 12.5 Å². The van der Waals surface area contributed by atoms with Gasteiger partial charge in [0.1, 0.15) is 24.2 Å². The van der Waals surface area contributed by atoms with E-state index in [0.717, 1.165) is 17.9 Å². The molecule has 0 aliphatic carbocycles. The summed E-state index contributed by atoms with van der Waals surface area (Å²) in [7, 11) is 0. The summed E-state index contributed by atoms with van der Waals surface area (Å²) in [6.07, 6.45) is 1.33. The molecule has 1 aliphatic heterocycles. The Labute approximate surface area is 102 Å². The molecule has 0 saturated carbocycles. The van der Waals surface area contributed by atoms with Gasteiger partial charge in [-0.15, -0.1) is 0 Å². The molecular formula is C14H30O2. The molecule has 0 amide bonds. The lowest BCUT2D eigenvalue weighted by Gasteiger charge is -2.27. The normalized spacial score (nSPS) is 18.7. The Morgan fingerprint density at radius 3 is 1.94 bits per heavy atom. The van der Waals surface area contributed by atoms with Gasteiger partial charge in [0, 0.05) is 0 Å². The lowest BCUT2D eigenvalue weighted by atomic mass is 10.1. The molecule has 1 unspecified atom stereocenters. The van der Waals surface area contributed by atoms with Gasteiger partial charge in [-0.2, -0.15) is 0 Å². The first-order valence-electron chi connectivity index (χ1n) is 6.56. The lowest BCUT2D eigenvalue weighted by Crippen LogP contribution is -2.25. The molecule has 16 heavy (non-hydrogen) atoms. The van der Waals surface area contributed by atoms with Crippen molar-refractivity contribution in [3.8, 4) is 0 Å². The molecule has 0 fully saturated rings. The topological polar surface area (TPSA) is 18.5 Å². The van der Waals surface area contributed by atoms with Gasteiger partial charge in [-0.1, -0.05) is 41.5 Å². The van der Waals surface area contributed by atoms with Crippen LogP contribution in [0.2, 0.25) is 0 Å². The van der Waals surface area contributed by atoms with Crippen molar-refractivity contribution in [1.82, 2.24) is 0 Å². The van der Waals surface area contributed by atoms with Crippen molar-refractivity contribution in [1.29, 1.82) is 0 Å². The monoisotopic (exact) mass is 230 g/mol. The Morgan fingerprint density at radius 1 is 1.06 bits per heavy atom. The minimum Gasteiger partial charge on any atom is -0.491 e. The highest BCUT2D eigenvalue weighted by Gasteiger charge is 2.19. The molecule has 1 aliphatic rings. The highest BCUT2D eigenvalue weighted by Crippen LogP contribution is 2.20. The zero-order valence-corrected chi connectivity index (χ0v) is 12.4. The standard InChI is InChI=1S/C10H18O2.2C2H6/c1-7(2)5-10-6-11-8(3)9(4)12-10;2*1-2/h7,10H,5-6H2,1-4H3;2*1-2H3. The summed E-state index contributed by atoms with van der Waals surface area (Å²) in [5, 5.41) is 0. The second-order valence-electron chi connectivity index (χ2n) is 3.79. The first-order valence-corrected chi connectivity index (χ1v) is 6.56. The molecule has 0 aromatic heterocycles. The van der Waals surface area contributed by atoms with E-state index in [1.54, 1.807) is 0 Å². The minimum absolute atomic E-state index is 0.258. The van der Waals surface area contributed by atoms with Crippen LogP contribution in [0.3, 0.4) is 0 Å². The van der Waals surface area contributed by atoms with E-state index < -0.39 is 0 Å². The average molecular weight is 230 g/mol. The fourth-order valence-electron chi connectivity index (χ4n) is 1.33. The summed E-state index contributed by atoms with van der Waals surface area (Å²) in [5.41, 5.74) is 0. The quantitative estimate of drug-likeness (QED) is 0.681. The van der Waals surface area contributed by atoms with Gasteiger partial charge in [-0.25, -0.2) is 0 Å². The SMILES string of the molecule is CC.CC.CC1=C(C)OC(CC(C)C)CO1. The largest absolute Gasteiger partial charge is 0.491 e. The second kappa shape index (κ2) is 10.8. The number of hydrogen-bond acceptors (Lipinski definition) is 2. The number of allylic oxidation sites excluding steroid dienone is 2. The van der Waals surface area contributed by atoms with Crippen LogP contribution in [-0.2, 0) is 9.47 Å². The molecule has 0 spiro atoms. The molecule has 0 radical (unpaired) electrons. The van der Waals surface area contributed by atoms with Crippen molar-refractivity contribution in [2.45, 2.75) is 67.9 Å². The van der Waals surface area contributed by atoms with Gasteiger partial charge < -0.3 is 9.47 Å². The molecule has 2 nitrogen and oxygen atoms in total. The predicted molar refractivity (Wildman–Crippen MR) is 71.4 cm³/mol. The maximum atomic E-state index is 5.66. The highest BCUT2D eigenvalue weighted by atomic mass is 16.6. The summed E-state index contributed by atoms with van der Waals surface area (Å²) >= 11 is 0. The van der Waals surface area contributed by atoms with Crippen molar-refractivity contribution in [3.05, 3.63) is 11.5 Å². The van der Waals surface area contributed by atoms with Gasteiger partial charge in [0.25, 0.3) is 0 Å². The maximum absolute atomic E-state index is 5.66. The van der Waals surface area contributed by atoms with Gasteiger partial charge in [0.15, 0.2) is 0 Å². The molecule has 0 aromatic carbocycles. The van der Waals surface area contributed by atoms with Crippen molar-refractivity contribution in [2.24, 2.45) is 5.92 Å². The van der Waals surface area contributed by atoms with Crippen LogP contribution in [0.25, 0.3) is 0 Å². The zero-order valence-electron chi connectivity index (χ0n) is 12.4. The van der Waals surface area contributed by atoms with Crippen LogP contribution in [0, 0.1) is 5.92 Å². The third kappa shape index (κ3) is 7.61. The van der Waals surface area contributed by atoms with E-state index in [2.05, 4.69) is 13.8 Å². The fourth-order valence-corrected chi connectivity index (χ4v) is 1.33. The molecule has 1 rings (SSSR count). The highest BCUT2D eigenvalue weighted by molar-refractivity contribution is 4.98. The second-order valence-corrected chi connectivity index (χ2v) is 3.79. The van der Waals surface area contributed by atoms with Gasteiger partial charge in [0.2, 0.25) is 0 Å². The van der Waals surface area contributed by atoms with Crippen molar-refractivity contribution < 1.29 is 9.47 Å². The number of rotatable bonds is 2. The van der Waals surface area contributed by atoms with E-state index in [1.165, 1.54) is 0 Å². The summed E-state index contributed by atoms with van der Waals surface area (Å²) in [6, 6.07) is 0. The molecule has 98 valence electrons. The Morgan fingerprint density at radius 2 is 1.56 bits per heavy atom. The van der Waals surface area contributed by atoms with E-state index in [1.807, 2.05) is 41.5 Å². The maximum Gasteiger partial charge on any atom is 0.132 e. The molecule has 0 N–H and O–H groups in total. The first-order chi connectivity index (χ1) is 7.59. The third-order valence-corrected chi connectivity index (χ3v) is 2.06. The molecule has 1 atom stereocenters. The van der Waals surface area contributed by atoms with E-state index in [-0.39, 0.29) is 6.10 Å². The van der Waals surface area contributed by atoms with Crippen LogP contribution < -0.4 is 0 Å².